The summed E-state index contributed by atoms with van der Waals surface area (Å²) in [5.74, 6) is 4.02. The fourth-order valence-corrected chi connectivity index (χ4v) is 4.30. The maximum atomic E-state index is 3.38. The second-order valence-corrected chi connectivity index (χ2v) is 7.11. The van der Waals surface area contributed by atoms with E-state index in [9.17, 15) is 0 Å². The molecule has 1 aliphatic rings. The fraction of sp³-hybridized carbons (Fsp3) is 0.647. The van der Waals surface area contributed by atoms with Gasteiger partial charge in [0.05, 0.1) is 0 Å². The van der Waals surface area contributed by atoms with Crippen LogP contribution in [-0.2, 0) is 0 Å². The minimum Gasteiger partial charge on any atom is -0.319 e. The fourth-order valence-electron chi connectivity index (χ4n) is 3.29. The van der Waals surface area contributed by atoms with Crippen molar-refractivity contribution in [3.05, 3.63) is 30.3 Å². The van der Waals surface area contributed by atoms with Crippen molar-refractivity contribution >= 4 is 11.8 Å². The number of hydrogen-bond donors (Lipinski definition) is 1. The van der Waals surface area contributed by atoms with E-state index in [0.29, 0.717) is 0 Å². The SMILES string of the molecule is CNCC1CCC(C)CC1CCSc1ccccc1. The van der Waals surface area contributed by atoms with Crippen LogP contribution in [0.1, 0.15) is 32.6 Å². The predicted octanol–water partition coefficient (Wildman–Crippen LogP) is 4.44. The Balaban J connectivity index is 1.78. The lowest BCUT2D eigenvalue weighted by Gasteiger charge is -2.35. The van der Waals surface area contributed by atoms with Crippen LogP contribution in [0.2, 0.25) is 0 Å². The molecule has 0 spiro atoms. The molecule has 0 heterocycles. The minimum atomic E-state index is 0.901. The van der Waals surface area contributed by atoms with Crippen LogP contribution in [0.25, 0.3) is 0 Å². The maximum absolute atomic E-state index is 3.38. The van der Waals surface area contributed by atoms with Crippen molar-refractivity contribution in [1.29, 1.82) is 0 Å². The molecule has 1 N–H and O–H groups in total. The molecule has 0 saturated heterocycles. The van der Waals surface area contributed by atoms with Crippen molar-refractivity contribution in [3.63, 3.8) is 0 Å². The lowest BCUT2D eigenvalue weighted by Crippen LogP contribution is -2.31. The van der Waals surface area contributed by atoms with Crippen molar-refractivity contribution in [2.45, 2.75) is 37.5 Å². The summed E-state index contributed by atoms with van der Waals surface area (Å²) in [5.41, 5.74) is 0. The first-order valence-corrected chi connectivity index (χ1v) is 8.60. The Morgan fingerprint density at radius 1 is 1.16 bits per heavy atom. The molecule has 1 fully saturated rings. The van der Waals surface area contributed by atoms with E-state index in [2.05, 4.69) is 49.6 Å². The molecule has 0 aliphatic heterocycles. The van der Waals surface area contributed by atoms with Crippen LogP contribution < -0.4 is 5.32 Å². The molecule has 0 amide bonds. The van der Waals surface area contributed by atoms with Crippen LogP contribution in [0.15, 0.2) is 35.2 Å². The Bertz CT molecular complexity index is 352. The van der Waals surface area contributed by atoms with Crippen LogP contribution in [0.3, 0.4) is 0 Å². The highest BCUT2D eigenvalue weighted by molar-refractivity contribution is 7.99. The molecule has 3 atom stereocenters. The molecule has 1 nitrogen and oxygen atoms in total. The van der Waals surface area contributed by atoms with Gasteiger partial charge in [-0.05, 0) is 68.5 Å². The van der Waals surface area contributed by atoms with E-state index in [1.807, 2.05) is 11.8 Å². The van der Waals surface area contributed by atoms with Crippen LogP contribution in [0, 0.1) is 17.8 Å². The zero-order valence-corrected chi connectivity index (χ0v) is 13.1. The lowest BCUT2D eigenvalue weighted by atomic mass is 9.73. The van der Waals surface area contributed by atoms with Crippen LogP contribution >= 0.6 is 11.8 Å². The van der Waals surface area contributed by atoms with Gasteiger partial charge in [0.2, 0.25) is 0 Å². The Kier molecular flexibility index (Phi) is 6.25. The van der Waals surface area contributed by atoms with Crippen LogP contribution in [0.5, 0.6) is 0 Å². The third-order valence-electron chi connectivity index (χ3n) is 4.37. The van der Waals surface area contributed by atoms with Crippen LogP contribution in [-0.4, -0.2) is 19.3 Å². The Labute approximate surface area is 122 Å². The predicted molar refractivity (Wildman–Crippen MR) is 85.7 cm³/mol. The third-order valence-corrected chi connectivity index (χ3v) is 5.41. The molecule has 19 heavy (non-hydrogen) atoms. The molecule has 3 unspecified atom stereocenters. The molecule has 106 valence electrons. The largest absolute Gasteiger partial charge is 0.319 e. The number of benzene rings is 1. The molecule has 1 aromatic rings. The Morgan fingerprint density at radius 3 is 2.68 bits per heavy atom. The smallest absolute Gasteiger partial charge is 0.00719 e. The number of rotatable bonds is 6. The molecular weight excluding hydrogens is 250 g/mol. The van der Waals surface area contributed by atoms with E-state index in [-0.39, 0.29) is 0 Å². The number of thioether (sulfide) groups is 1. The van der Waals surface area contributed by atoms with Crippen molar-refractivity contribution in [3.8, 4) is 0 Å². The average Bonchev–Trinajstić information content (AvgIpc) is 2.43. The summed E-state index contributed by atoms with van der Waals surface area (Å²) in [4.78, 5) is 1.41. The third kappa shape index (κ3) is 4.85. The van der Waals surface area contributed by atoms with Gasteiger partial charge < -0.3 is 5.32 Å². The molecule has 1 aromatic carbocycles. The van der Waals surface area contributed by atoms with Crippen LogP contribution in [0.4, 0.5) is 0 Å². The van der Waals surface area contributed by atoms with E-state index in [1.165, 1.54) is 42.9 Å². The van der Waals surface area contributed by atoms with E-state index >= 15 is 0 Å². The lowest BCUT2D eigenvalue weighted by molar-refractivity contribution is 0.183. The van der Waals surface area contributed by atoms with Gasteiger partial charge in [-0.25, -0.2) is 0 Å². The van der Waals surface area contributed by atoms with E-state index < -0.39 is 0 Å². The quantitative estimate of drug-likeness (QED) is 0.771. The van der Waals surface area contributed by atoms with Gasteiger partial charge in [-0.3, -0.25) is 0 Å². The Hall–Kier alpha value is -0.470. The average molecular weight is 277 g/mol. The highest BCUT2D eigenvalue weighted by Crippen LogP contribution is 2.36. The summed E-state index contributed by atoms with van der Waals surface area (Å²) >= 11 is 2.02. The van der Waals surface area contributed by atoms with Crippen molar-refractivity contribution in [2.24, 2.45) is 17.8 Å². The van der Waals surface area contributed by atoms with Crippen molar-refractivity contribution in [2.75, 3.05) is 19.3 Å². The first-order chi connectivity index (χ1) is 9.29. The van der Waals surface area contributed by atoms with Gasteiger partial charge in [0.25, 0.3) is 0 Å². The van der Waals surface area contributed by atoms with E-state index in [0.717, 1.165) is 17.8 Å². The first-order valence-electron chi connectivity index (χ1n) is 7.62. The molecule has 0 bridgehead atoms. The van der Waals surface area contributed by atoms with Gasteiger partial charge in [-0.1, -0.05) is 31.5 Å². The summed E-state index contributed by atoms with van der Waals surface area (Å²) in [6.45, 7) is 3.63. The summed E-state index contributed by atoms with van der Waals surface area (Å²) in [5, 5.41) is 3.38. The van der Waals surface area contributed by atoms with E-state index in [1.54, 1.807) is 0 Å². The normalized spacial score (nSPS) is 27.4. The van der Waals surface area contributed by atoms with Gasteiger partial charge in [0.1, 0.15) is 0 Å². The van der Waals surface area contributed by atoms with Gasteiger partial charge in [0, 0.05) is 4.90 Å². The second-order valence-electron chi connectivity index (χ2n) is 5.95. The maximum Gasteiger partial charge on any atom is 0.00719 e. The summed E-state index contributed by atoms with van der Waals surface area (Å²) in [6, 6.07) is 10.8. The number of nitrogens with one attached hydrogen (secondary N) is 1. The Morgan fingerprint density at radius 2 is 1.95 bits per heavy atom. The zero-order valence-electron chi connectivity index (χ0n) is 12.3. The van der Waals surface area contributed by atoms with Gasteiger partial charge in [-0.15, -0.1) is 11.8 Å². The highest BCUT2D eigenvalue weighted by atomic mass is 32.2. The monoisotopic (exact) mass is 277 g/mol. The van der Waals surface area contributed by atoms with Gasteiger partial charge >= 0.3 is 0 Å². The van der Waals surface area contributed by atoms with E-state index in [4.69, 9.17) is 0 Å². The molecule has 1 saturated carbocycles. The molecule has 0 radical (unpaired) electrons. The summed E-state index contributed by atoms with van der Waals surface area (Å²) in [7, 11) is 2.09. The summed E-state index contributed by atoms with van der Waals surface area (Å²) < 4.78 is 0. The topological polar surface area (TPSA) is 12.0 Å². The molecule has 2 heteroatoms. The summed E-state index contributed by atoms with van der Waals surface area (Å²) in [6.07, 6.45) is 5.65. The number of hydrogen-bond acceptors (Lipinski definition) is 2. The molecule has 1 aliphatic carbocycles. The van der Waals surface area contributed by atoms with Gasteiger partial charge in [-0.2, -0.15) is 0 Å². The second kappa shape index (κ2) is 7.96. The molecule has 0 aromatic heterocycles. The zero-order chi connectivity index (χ0) is 13.5. The molecular formula is C17H27NS. The molecule has 2 rings (SSSR count). The first kappa shape index (κ1) is 14.9. The van der Waals surface area contributed by atoms with Crippen molar-refractivity contribution in [1.82, 2.24) is 5.32 Å². The standard InChI is InChI=1S/C17H27NS/c1-14-8-9-16(13-18-2)15(12-14)10-11-19-17-6-4-3-5-7-17/h3-7,14-16,18H,8-13H2,1-2H3. The highest BCUT2D eigenvalue weighted by Gasteiger charge is 2.27. The van der Waals surface area contributed by atoms with Crippen molar-refractivity contribution < 1.29 is 0 Å². The minimum absolute atomic E-state index is 0.901. The van der Waals surface area contributed by atoms with Gasteiger partial charge in [0.15, 0.2) is 0 Å².